The number of hydrogen-bond acceptors (Lipinski definition) is 5. The Kier molecular flexibility index (Phi) is 5.62. The fourth-order valence-electron chi connectivity index (χ4n) is 0.559. The van der Waals surface area contributed by atoms with Crippen molar-refractivity contribution in [3.63, 3.8) is 0 Å². The maximum Gasteiger partial charge on any atom is 0.341 e. The predicted molar refractivity (Wildman–Crippen MR) is 47.6 cm³/mol. The maximum atomic E-state index is 11.4. The molecule has 5 nitrogen and oxygen atoms in total. The first-order valence-electron chi connectivity index (χ1n) is 3.55. The summed E-state index contributed by atoms with van der Waals surface area (Å²) in [4.78, 5) is 10.9. The van der Waals surface area contributed by atoms with Crippen LogP contribution in [0.25, 0.3) is 0 Å². The van der Waals surface area contributed by atoms with Crippen LogP contribution in [0.15, 0.2) is 12.7 Å². The van der Waals surface area contributed by atoms with Gasteiger partial charge in [-0.1, -0.05) is 12.7 Å². The van der Waals surface area contributed by atoms with E-state index in [2.05, 4.69) is 20.4 Å². The molecular weight excluding hydrogens is 195 g/mol. The van der Waals surface area contributed by atoms with Gasteiger partial charge in [-0.05, 0) is 0 Å². The van der Waals surface area contributed by atoms with Gasteiger partial charge in [-0.25, -0.2) is 0 Å². The Hall–Kier alpha value is -0.640. The van der Waals surface area contributed by atoms with E-state index in [4.69, 9.17) is 0 Å². The monoisotopic (exact) mass is 208 g/mol. The molecule has 0 N–H and O–H groups in total. The summed E-state index contributed by atoms with van der Waals surface area (Å²) >= 11 is 0. The van der Waals surface area contributed by atoms with Gasteiger partial charge in [0, 0.05) is 14.2 Å². The minimum Gasteiger partial charge on any atom is -0.461 e. The van der Waals surface area contributed by atoms with Crippen LogP contribution in [0.5, 0.6) is 0 Å². The molecule has 0 rings (SSSR count). The van der Waals surface area contributed by atoms with E-state index in [1.54, 1.807) is 0 Å². The van der Waals surface area contributed by atoms with Crippen LogP contribution in [0.2, 0.25) is 0 Å². The lowest BCUT2D eigenvalue weighted by atomic mass is 10.7. The van der Waals surface area contributed by atoms with Gasteiger partial charge in [0.1, 0.15) is 12.8 Å². The highest BCUT2D eigenvalue weighted by molar-refractivity contribution is 7.54. The van der Waals surface area contributed by atoms with Crippen LogP contribution in [-0.2, 0) is 23.1 Å². The number of esters is 1. The number of hydrogen-bond donors (Lipinski definition) is 0. The Morgan fingerprint density at radius 3 is 2.38 bits per heavy atom. The molecule has 0 heterocycles. The average molecular weight is 208 g/mol. The largest absolute Gasteiger partial charge is 0.461 e. The van der Waals surface area contributed by atoms with E-state index in [0.29, 0.717) is 0 Å². The standard InChI is InChI=1S/C7H13O5P/c1-4-5-12-7(8)6-13(9,10-2)11-3/h4H,1,5-6H2,2-3H3. The van der Waals surface area contributed by atoms with Gasteiger partial charge in [0.25, 0.3) is 0 Å². The van der Waals surface area contributed by atoms with E-state index in [9.17, 15) is 9.36 Å². The molecule has 0 saturated carbocycles. The molecule has 0 fully saturated rings. The first-order valence-corrected chi connectivity index (χ1v) is 5.28. The zero-order chi connectivity index (χ0) is 10.3. The SMILES string of the molecule is C=CCOC(=O)CP(=O)(OC)OC. The van der Waals surface area contributed by atoms with Crippen LogP contribution in [0.3, 0.4) is 0 Å². The molecule has 13 heavy (non-hydrogen) atoms. The van der Waals surface area contributed by atoms with Crippen LogP contribution in [-0.4, -0.2) is 33.0 Å². The number of rotatable bonds is 6. The Bertz CT molecular complexity index is 217. The van der Waals surface area contributed by atoms with E-state index < -0.39 is 13.6 Å². The molecule has 0 aliphatic carbocycles. The van der Waals surface area contributed by atoms with Crippen molar-refractivity contribution in [1.82, 2.24) is 0 Å². The summed E-state index contributed by atoms with van der Waals surface area (Å²) in [6.07, 6.45) is 1.04. The second-order valence-corrected chi connectivity index (χ2v) is 4.37. The van der Waals surface area contributed by atoms with Gasteiger partial charge in [0.15, 0.2) is 0 Å². The van der Waals surface area contributed by atoms with Crippen LogP contribution in [0.4, 0.5) is 0 Å². The van der Waals surface area contributed by atoms with Gasteiger partial charge in [-0.15, -0.1) is 0 Å². The Balaban J connectivity index is 4.02. The Labute approximate surface area is 77.2 Å². The average Bonchev–Trinajstić information content (AvgIpc) is 2.14. The normalized spacial score (nSPS) is 10.9. The quantitative estimate of drug-likeness (QED) is 0.373. The molecule has 0 radical (unpaired) electrons. The Morgan fingerprint density at radius 1 is 1.46 bits per heavy atom. The molecule has 0 aromatic rings. The van der Waals surface area contributed by atoms with Crippen molar-refractivity contribution >= 4 is 13.6 Å². The Morgan fingerprint density at radius 2 is 2.00 bits per heavy atom. The van der Waals surface area contributed by atoms with Crippen LogP contribution < -0.4 is 0 Å². The minimum absolute atomic E-state index is 0.0895. The van der Waals surface area contributed by atoms with Gasteiger partial charge in [0.2, 0.25) is 0 Å². The zero-order valence-corrected chi connectivity index (χ0v) is 8.58. The lowest BCUT2D eigenvalue weighted by Crippen LogP contribution is -2.11. The number of ether oxygens (including phenoxy) is 1. The number of carbonyl (C=O) groups excluding carboxylic acids is 1. The molecule has 0 bridgehead atoms. The molecule has 0 amide bonds. The highest BCUT2D eigenvalue weighted by Crippen LogP contribution is 2.45. The van der Waals surface area contributed by atoms with Crippen LogP contribution in [0.1, 0.15) is 0 Å². The summed E-state index contributed by atoms with van der Waals surface area (Å²) in [7, 11) is -0.860. The smallest absolute Gasteiger partial charge is 0.341 e. The summed E-state index contributed by atoms with van der Waals surface area (Å²) in [5.41, 5.74) is 0. The first-order chi connectivity index (χ1) is 6.08. The summed E-state index contributed by atoms with van der Waals surface area (Å²) in [6.45, 7) is 3.45. The van der Waals surface area contributed by atoms with E-state index in [-0.39, 0.29) is 12.8 Å². The second kappa shape index (κ2) is 5.91. The first kappa shape index (κ1) is 12.4. The van der Waals surface area contributed by atoms with E-state index in [1.807, 2.05) is 0 Å². The summed E-state index contributed by atoms with van der Waals surface area (Å²) in [5.74, 6) is -0.632. The van der Waals surface area contributed by atoms with E-state index in [0.717, 1.165) is 0 Å². The second-order valence-electron chi connectivity index (χ2n) is 2.11. The molecule has 0 spiro atoms. The molecule has 0 aromatic heterocycles. The van der Waals surface area contributed by atoms with Gasteiger partial charge in [0.05, 0.1) is 0 Å². The van der Waals surface area contributed by atoms with Gasteiger partial charge in [-0.3, -0.25) is 9.36 Å². The van der Waals surface area contributed by atoms with Crippen molar-refractivity contribution in [2.45, 2.75) is 0 Å². The molecule has 0 unspecified atom stereocenters. The molecule has 76 valence electrons. The molecule has 0 atom stereocenters. The van der Waals surface area contributed by atoms with Crippen LogP contribution in [0, 0.1) is 0 Å². The van der Waals surface area contributed by atoms with Crippen molar-refractivity contribution in [3.8, 4) is 0 Å². The summed E-state index contributed by atoms with van der Waals surface area (Å²) in [6, 6.07) is 0. The van der Waals surface area contributed by atoms with E-state index >= 15 is 0 Å². The van der Waals surface area contributed by atoms with Crippen molar-refractivity contribution in [3.05, 3.63) is 12.7 Å². The predicted octanol–water partition coefficient (Wildman–Crippen LogP) is 1.20. The topological polar surface area (TPSA) is 61.8 Å². The van der Waals surface area contributed by atoms with Crippen LogP contribution >= 0.6 is 7.60 Å². The summed E-state index contributed by atoms with van der Waals surface area (Å²) < 4.78 is 25.0. The molecule has 0 aliphatic heterocycles. The third-order valence-corrected chi connectivity index (χ3v) is 3.00. The van der Waals surface area contributed by atoms with Crippen molar-refractivity contribution < 1.29 is 23.1 Å². The minimum atomic E-state index is -3.29. The highest BCUT2D eigenvalue weighted by Gasteiger charge is 2.26. The highest BCUT2D eigenvalue weighted by atomic mass is 31.2. The van der Waals surface area contributed by atoms with Crippen molar-refractivity contribution in [1.29, 1.82) is 0 Å². The van der Waals surface area contributed by atoms with Gasteiger partial charge >= 0.3 is 13.6 Å². The van der Waals surface area contributed by atoms with Gasteiger partial charge < -0.3 is 13.8 Å². The maximum absolute atomic E-state index is 11.4. The van der Waals surface area contributed by atoms with Gasteiger partial charge in [-0.2, -0.15) is 0 Å². The molecule has 0 saturated heterocycles. The fourth-order valence-corrected chi connectivity index (χ4v) is 1.37. The van der Waals surface area contributed by atoms with Crippen molar-refractivity contribution in [2.24, 2.45) is 0 Å². The van der Waals surface area contributed by atoms with E-state index in [1.165, 1.54) is 20.3 Å². The molecule has 0 aromatic carbocycles. The molecular formula is C7H13O5P. The lowest BCUT2D eigenvalue weighted by Gasteiger charge is -2.11. The summed E-state index contributed by atoms with van der Waals surface area (Å²) in [5, 5.41) is 0. The third kappa shape index (κ3) is 4.83. The lowest BCUT2D eigenvalue weighted by molar-refractivity contribution is -0.139. The fraction of sp³-hybridized carbons (Fsp3) is 0.571. The number of carbonyl (C=O) groups is 1. The molecule has 0 aliphatic rings. The molecule has 6 heteroatoms. The zero-order valence-electron chi connectivity index (χ0n) is 7.69. The van der Waals surface area contributed by atoms with Crippen molar-refractivity contribution in [2.75, 3.05) is 27.0 Å². The third-order valence-electron chi connectivity index (χ3n) is 1.24.